The quantitative estimate of drug-likeness (QED) is 0.909. The van der Waals surface area contributed by atoms with Gasteiger partial charge in [-0.1, -0.05) is 28.9 Å². The third-order valence-electron chi connectivity index (χ3n) is 3.95. The first-order valence-electron chi connectivity index (χ1n) is 7.69. The number of aryl methyl sites for hydroxylation is 1. The zero-order chi connectivity index (χ0) is 16.1. The molecule has 1 aromatic carbocycles. The van der Waals surface area contributed by atoms with Crippen LogP contribution in [-0.4, -0.2) is 34.1 Å². The summed E-state index contributed by atoms with van der Waals surface area (Å²) >= 11 is 6.04. The standard InChI is InChI=1S/C16H19ClN4O2/c17-14-3-1-2-12(9-14)8-13-4-5-15-10-19-20-21(15)11-23-7-6-18-16(13)22/h1-3,9-10,13H,4-8,11H2,(H,18,22)/t13-/m1/s1. The van der Waals surface area contributed by atoms with E-state index in [4.69, 9.17) is 16.3 Å². The first-order valence-corrected chi connectivity index (χ1v) is 8.07. The molecule has 1 amide bonds. The molecule has 0 aliphatic carbocycles. The van der Waals surface area contributed by atoms with E-state index >= 15 is 0 Å². The molecule has 23 heavy (non-hydrogen) atoms. The second-order valence-electron chi connectivity index (χ2n) is 5.62. The van der Waals surface area contributed by atoms with Crippen LogP contribution in [0.25, 0.3) is 0 Å². The minimum Gasteiger partial charge on any atom is -0.357 e. The molecule has 2 aromatic rings. The molecule has 0 saturated heterocycles. The molecule has 0 radical (unpaired) electrons. The van der Waals surface area contributed by atoms with Crippen LogP contribution in [0.1, 0.15) is 17.7 Å². The van der Waals surface area contributed by atoms with Gasteiger partial charge in [-0.15, -0.1) is 5.10 Å². The van der Waals surface area contributed by atoms with E-state index in [1.54, 1.807) is 10.9 Å². The monoisotopic (exact) mass is 334 g/mol. The lowest BCUT2D eigenvalue weighted by molar-refractivity contribution is -0.125. The van der Waals surface area contributed by atoms with Gasteiger partial charge in [-0.25, -0.2) is 4.68 Å². The van der Waals surface area contributed by atoms with Crippen molar-refractivity contribution in [3.05, 3.63) is 46.7 Å². The van der Waals surface area contributed by atoms with Crippen LogP contribution >= 0.6 is 11.6 Å². The van der Waals surface area contributed by atoms with Gasteiger partial charge in [0, 0.05) is 17.5 Å². The summed E-state index contributed by atoms with van der Waals surface area (Å²) in [5.41, 5.74) is 2.05. The maximum absolute atomic E-state index is 12.4. The number of benzene rings is 1. The molecule has 1 atom stereocenters. The summed E-state index contributed by atoms with van der Waals surface area (Å²) in [7, 11) is 0. The van der Waals surface area contributed by atoms with Crippen LogP contribution in [-0.2, 0) is 29.1 Å². The molecule has 1 aliphatic heterocycles. The third kappa shape index (κ3) is 4.30. The van der Waals surface area contributed by atoms with Crippen molar-refractivity contribution in [2.75, 3.05) is 13.2 Å². The van der Waals surface area contributed by atoms with E-state index in [2.05, 4.69) is 15.6 Å². The first-order chi connectivity index (χ1) is 11.2. The first kappa shape index (κ1) is 16.0. The fraction of sp³-hybridized carbons (Fsp3) is 0.438. The number of carbonyl (C=O) groups is 1. The van der Waals surface area contributed by atoms with Gasteiger partial charge in [0.05, 0.1) is 18.5 Å². The van der Waals surface area contributed by atoms with Gasteiger partial charge in [0.2, 0.25) is 5.91 Å². The molecule has 1 aliphatic rings. The molecule has 0 unspecified atom stereocenters. The number of aromatic nitrogens is 3. The van der Waals surface area contributed by atoms with Gasteiger partial charge in [-0.2, -0.15) is 0 Å². The second kappa shape index (κ2) is 7.57. The Morgan fingerprint density at radius 2 is 2.35 bits per heavy atom. The number of nitrogens with one attached hydrogen (secondary N) is 1. The van der Waals surface area contributed by atoms with Crippen molar-refractivity contribution in [3.63, 3.8) is 0 Å². The number of hydrogen-bond acceptors (Lipinski definition) is 4. The second-order valence-corrected chi connectivity index (χ2v) is 6.06. The van der Waals surface area contributed by atoms with Gasteiger partial charge in [-0.3, -0.25) is 4.79 Å². The van der Waals surface area contributed by atoms with Gasteiger partial charge in [0.15, 0.2) is 0 Å². The topological polar surface area (TPSA) is 69.0 Å². The number of amides is 1. The van der Waals surface area contributed by atoms with Crippen molar-refractivity contribution in [2.24, 2.45) is 5.92 Å². The Labute approximate surface area is 139 Å². The Morgan fingerprint density at radius 1 is 1.43 bits per heavy atom. The summed E-state index contributed by atoms with van der Waals surface area (Å²) in [4.78, 5) is 12.4. The Morgan fingerprint density at radius 3 is 3.22 bits per heavy atom. The van der Waals surface area contributed by atoms with Crippen molar-refractivity contribution in [3.8, 4) is 0 Å². The SMILES string of the molecule is O=C1NCCOCn2nncc2CC[C@@H]1Cc1cccc(Cl)c1. The van der Waals surface area contributed by atoms with Crippen LogP contribution < -0.4 is 5.32 Å². The minimum atomic E-state index is -0.116. The zero-order valence-corrected chi connectivity index (χ0v) is 13.5. The van der Waals surface area contributed by atoms with E-state index in [1.165, 1.54) is 0 Å². The Bertz CT molecular complexity index is 674. The number of fused-ring (bicyclic) bond motifs is 1. The molecule has 0 fully saturated rings. The summed E-state index contributed by atoms with van der Waals surface area (Å²) in [6, 6.07) is 7.66. The Kier molecular flexibility index (Phi) is 5.25. The van der Waals surface area contributed by atoms with Crippen molar-refractivity contribution >= 4 is 17.5 Å². The van der Waals surface area contributed by atoms with Gasteiger partial charge in [0.1, 0.15) is 6.73 Å². The highest BCUT2D eigenvalue weighted by Crippen LogP contribution is 2.19. The van der Waals surface area contributed by atoms with E-state index in [-0.39, 0.29) is 11.8 Å². The molecule has 1 aromatic heterocycles. The van der Waals surface area contributed by atoms with Gasteiger partial charge >= 0.3 is 0 Å². The van der Waals surface area contributed by atoms with Crippen LogP contribution in [0.4, 0.5) is 0 Å². The molecule has 6 nitrogen and oxygen atoms in total. The van der Waals surface area contributed by atoms with Crippen molar-refractivity contribution in [2.45, 2.75) is 26.0 Å². The molecule has 0 spiro atoms. The predicted octanol–water partition coefficient (Wildman–Crippen LogP) is 1.83. The number of ether oxygens (including phenoxy) is 1. The van der Waals surface area contributed by atoms with E-state index in [0.29, 0.717) is 31.3 Å². The summed E-state index contributed by atoms with van der Waals surface area (Å²) in [5.74, 6) is -0.0654. The van der Waals surface area contributed by atoms with E-state index in [1.807, 2.05) is 24.3 Å². The lowest BCUT2D eigenvalue weighted by atomic mass is 9.93. The average molecular weight is 335 g/mol. The molecule has 2 heterocycles. The van der Waals surface area contributed by atoms with Crippen LogP contribution in [0.15, 0.2) is 30.5 Å². The van der Waals surface area contributed by atoms with Crippen molar-refractivity contribution < 1.29 is 9.53 Å². The molecule has 122 valence electrons. The van der Waals surface area contributed by atoms with Crippen molar-refractivity contribution in [1.82, 2.24) is 20.3 Å². The lowest BCUT2D eigenvalue weighted by Crippen LogP contribution is -2.34. The van der Waals surface area contributed by atoms with Crippen LogP contribution in [0.3, 0.4) is 0 Å². The van der Waals surface area contributed by atoms with E-state index in [9.17, 15) is 4.79 Å². The third-order valence-corrected chi connectivity index (χ3v) is 4.18. The Hall–Kier alpha value is -1.92. The maximum Gasteiger partial charge on any atom is 0.223 e. The summed E-state index contributed by atoms with van der Waals surface area (Å²) < 4.78 is 7.24. The summed E-state index contributed by atoms with van der Waals surface area (Å²) in [6.45, 7) is 1.31. The fourth-order valence-electron chi connectivity index (χ4n) is 2.72. The summed E-state index contributed by atoms with van der Waals surface area (Å²) in [5, 5.41) is 11.6. The van der Waals surface area contributed by atoms with Crippen LogP contribution in [0, 0.1) is 5.92 Å². The van der Waals surface area contributed by atoms with E-state index < -0.39 is 0 Å². The van der Waals surface area contributed by atoms with Crippen molar-refractivity contribution in [1.29, 1.82) is 0 Å². The Balaban J connectivity index is 1.75. The number of nitrogens with zero attached hydrogens (tertiary/aromatic N) is 3. The molecule has 7 heteroatoms. The molecular formula is C16H19ClN4O2. The number of hydrogen-bond donors (Lipinski definition) is 1. The minimum absolute atomic E-state index is 0.0505. The molecule has 1 N–H and O–H groups in total. The molecule has 3 rings (SSSR count). The van der Waals surface area contributed by atoms with Gasteiger partial charge in [0.25, 0.3) is 0 Å². The van der Waals surface area contributed by atoms with Gasteiger partial charge < -0.3 is 10.1 Å². The summed E-state index contributed by atoms with van der Waals surface area (Å²) in [6.07, 6.45) is 3.85. The van der Waals surface area contributed by atoms with E-state index in [0.717, 1.165) is 24.1 Å². The molecular weight excluding hydrogens is 316 g/mol. The highest BCUT2D eigenvalue weighted by atomic mass is 35.5. The fourth-order valence-corrected chi connectivity index (χ4v) is 2.93. The highest BCUT2D eigenvalue weighted by molar-refractivity contribution is 6.30. The smallest absolute Gasteiger partial charge is 0.223 e. The number of rotatable bonds is 2. The molecule has 0 bridgehead atoms. The predicted molar refractivity (Wildman–Crippen MR) is 86.0 cm³/mol. The normalized spacial score (nSPS) is 19.5. The van der Waals surface area contributed by atoms with Gasteiger partial charge in [-0.05, 0) is 37.0 Å². The average Bonchev–Trinajstić information content (AvgIpc) is 2.97. The molecule has 0 saturated carbocycles. The maximum atomic E-state index is 12.4. The zero-order valence-electron chi connectivity index (χ0n) is 12.7. The lowest BCUT2D eigenvalue weighted by Gasteiger charge is -2.16. The number of carbonyl (C=O) groups excluding carboxylic acids is 1. The van der Waals surface area contributed by atoms with Crippen LogP contribution in [0.2, 0.25) is 5.02 Å². The number of halogens is 1. The van der Waals surface area contributed by atoms with Crippen LogP contribution in [0.5, 0.6) is 0 Å². The largest absolute Gasteiger partial charge is 0.357 e. The highest BCUT2D eigenvalue weighted by Gasteiger charge is 2.20.